The van der Waals surface area contributed by atoms with E-state index in [1.165, 1.54) is 0 Å². The van der Waals surface area contributed by atoms with E-state index in [0.717, 1.165) is 5.56 Å². The second kappa shape index (κ2) is 5.10. The fourth-order valence-electron chi connectivity index (χ4n) is 2.19. The molecule has 0 spiro atoms. The van der Waals surface area contributed by atoms with Crippen LogP contribution in [0, 0.1) is 0 Å². The number of likely N-dealkylation sites (tertiary alicyclic amines) is 1. The molecule has 0 saturated carbocycles. The zero-order valence-electron chi connectivity index (χ0n) is 9.50. The highest BCUT2D eigenvalue weighted by Crippen LogP contribution is 2.27. The number of nitrogens with zero attached hydrogens (tertiary/aromatic N) is 1. The van der Waals surface area contributed by atoms with Gasteiger partial charge in [0.25, 0.3) is 0 Å². The number of aliphatic hydroxyl groups excluding tert-OH is 1. The monoisotopic (exact) mass is 233 g/mol. The van der Waals surface area contributed by atoms with Gasteiger partial charge in [-0.2, -0.15) is 0 Å². The smallest absolute Gasteiger partial charge is 0.231 e. The maximum absolute atomic E-state index is 11.7. The third-order valence-corrected chi connectivity index (χ3v) is 2.98. The van der Waals surface area contributed by atoms with E-state index in [1.807, 2.05) is 30.3 Å². The topological polar surface area (TPSA) is 57.6 Å². The first-order chi connectivity index (χ1) is 8.22. The second-order valence-corrected chi connectivity index (χ2v) is 4.18. The van der Waals surface area contributed by atoms with Crippen molar-refractivity contribution in [2.75, 3.05) is 13.2 Å². The van der Waals surface area contributed by atoms with Crippen LogP contribution in [0.5, 0.6) is 0 Å². The summed E-state index contributed by atoms with van der Waals surface area (Å²) in [7, 11) is 0. The van der Waals surface area contributed by atoms with E-state index in [0.29, 0.717) is 6.42 Å². The lowest BCUT2D eigenvalue weighted by Crippen LogP contribution is -2.31. The zero-order valence-corrected chi connectivity index (χ0v) is 9.50. The van der Waals surface area contributed by atoms with Crippen molar-refractivity contribution in [1.82, 2.24) is 4.90 Å². The number of amides is 1. The fourth-order valence-corrected chi connectivity index (χ4v) is 2.19. The van der Waals surface area contributed by atoms with E-state index in [2.05, 4.69) is 0 Å². The Morgan fingerprint density at radius 3 is 2.47 bits per heavy atom. The Hall–Kier alpha value is -1.68. The van der Waals surface area contributed by atoms with Crippen molar-refractivity contribution in [1.29, 1.82) is 0 Å². The molecular formula is C13H15NO3. The molecule has 1 amide bonds. The molecule has 1 aliphatic heterocycles. The molecule has 17 heavy (non-hydrogen) atoms. The molecule has 1 atom stereocenters. The minimum absolute atomic E-state index is 0.00245. The van der Waals surface area contributed by atoms with Crippen LogP contribution in [-0.2, 0) is 9.59 Å². The number of hydrogen-bond donors (Lipinski definition) is 1. The van der Waals surface area contributed by atoms with Crippen LogP contribution < -0.4 is 0 Å². The lowest BCUT2D eigenvalue weighted by atomic mass is 10.0. The highest BCUT2D eigenvalue weighted by atomic mass is 16.3. The van der Waals surface area contributed by atoms with Crippen molar-refractivity contribution in [2.45, 2.75) is 18.9 Å². The average molecular weight is 233 g/mol. The Morgan fingerprint density at radius 2 is 1.94 bits per heavy atom. The molecule has 1 aliphatic rings. The Kier molecular flexibility index (Phi) is 3.54. The van der Waals surface area contributed by atoms with Gasteiger partial charge in [-0.3, -0.25) is 9.59 Å². The maximum atomic E-state index is 11.7. The highest BCUT2D eigenvalue weighted by Gasteiger charge is 2.33. The SMILES string of the molecule is O=C1CC(=O)N(C(CCO)c2ccccc2)C1. The molecule has 1 saturated heterocycles. The summed E-state index contributed by atoms with van der Waals surface area (Å²) in [6, 6.07) is 9.31. The van der Waals surface area contributed by atoms with E-state index < -0.39 is 0 Å². The molecule has 4 nitrogen and oxygen atoms in total. The Morgan fingerprint density at radius 1 is 1.24 bits per heavy atom. The number of hydrogen-bond acceptors (Lipinski definition) is 3. The first-order valence-electron chi connectivity index (χ1n) is 5.69. The van der Waals surface area contributed by atoms with Gasteiger partial charge in [0.15, 0.2) is 5.78 Å². The normalized spacial score (nSPS) is 17.6. The standard InChI is InChI=1S/C13H15NO3/c15-7-6-12(10-4-2-1-3-5-10)14-9-11(16)8-13(14)17/h1-5,12,15H,6-9H2. The molecule has 0 radical (unpaired) electrons. The van der Waals surface area contributed by atoms with E-state index in [1.54, 1.807) is 4.90 Å². The minimum atomic E-state index is -0.194. The van der Waals surface area contributed by atoms with Gasteiger partial charge in [0.05, 0.1) is 19.0 Å². The first-order valence-corrected chi connectivity index (χ1v) is 5.69. The van der Waals surface area contributed by atoms with E-state index in [9.17, 15) is 9.59 Å². The van der Waals surface area contributed by atoms with Crippen LogP contribution in [0.2, 0.25) is 0 Å². The lowest BCUT2D eigenvalue weighted by molar-refractivity contribution is -0.130. The largest absolute Gasteiger partial charge is 0.396 e. The van der Waals surface area contributed by atoms with E-state index in [4.69, 9.17) is 5.11 Å². The van der Waals surface area contributed by atoms with E-state index in [-0.39, 0.29) is 37.3 Å². The average Bonchev–Trinajstić information content (AvgIpc) is 2.66. The van der Waals surface area contributed by atoms with Crippen molar-refractivity contribution < 1.29 is 14.7 Å². The van der Waals surface area contributed by atoms with Gasteiger partial charge in [0, 0.05) is 6.61 Å². The molecule has 2 rings (SSSR count). The molecule has 1 fully saturated rings. The van der Waals surface area contributed by atoms with Gasteiger partial charge in [0.2, 0.25) is 5.91 Å². The van der Waals surface area contributed by atoms with Crippen molar-refractivity contribution in [2.24, 2.45) is 0 Å². The van der Waals surface area contributed by atoms with Crippen LogP contribution in [0.1, 0.15) is 24.4 Å². The molecule has 1 aromatic carbocycles. The summed E-state index contributed by atoms with van der Waals surface area (Å²) >= 11 is 0. The van der Waals surface area contributed by atoms with Crippen molar-refractivity contribution in [3.63, 3.8) is 0 Å². The van der Waals surface area contributed by atoms with Gasteiger partial charge in [0.1, 0.15) is 0 Å². The van der Waals surface area contributed by atoms with Gasteiger partial charge < -0.3 is 10.0 Å². The maximum Gasteiger partial charge on any atom is 0.231 e. The number of Topliss-reactive ketones (excluding diaryl/α,β-unsaturated/α-hetero) is 1. The number of ketones is 1. The number of rotatable bonds is 4. The molecule has 90 valence electrons. The van der Waals surface area contributed by atoms with Crippen LogP contribution in [0.25, 0.3) is 0 Å². The Balaban J connectivity index is 2.23. The highest BCUT2D eigenvalue weighted by molar-refractivity contribution is 6.05. The number of carbonyl (C=O) groups is 2. The Labute approximate surface area is 99.9 Å². The molecule has 0 aliphatic carbocycles. The minimum Gasteiger partial charge on any atom is -0.396 e. The summed E-state index contributed by atoms with van der Waals surface area (Å²) in [4.78, 5) is 24.5. The summed E-state index contributed by atoms with van der Waals surface area (Å²) in [5, 5.41) is 9.09. The summed E-state index contributed by atoms with van der Waals surface area (Å²) in [6.07, 6.45) is 0.456. The van der Waals surface area contributed by atoms with Crippen LogP contribution >= 0.6 is 0 Å². The molecule has 1 unspecified atom stereocenters. The summed E-state index contributed by atoms with van der Waals surface area (Å²) in [6.45, 7) is 0.163. The van der Waals surface area contributed by atoms with E-state index >= 15 is 0 Å². The van der Waals surface area contributed by atoms with Gasteiger partial charge in [-0.15, -0.1) is 0 Å². The molecular weight excluding hydrogens is 218 g/mol. The quantitative estimate of drug-likeness (QED) is 0.786. The van der Waals surface area contributed by atoms with Gasteiger partial charge >= 0.3 is 0 Å². The third kappa shape index (κ3) is 2.53. The summed E-state index contributed by atoms with van der Waals surface area (Å²) < 4.78 is 0. The number of carbonyl (C=O) groups excluding carboxylic acids is 2. The Bertz CT molecular complexity index is 416. The molecule has 1 aromatic rings. The fraction of sp³-hybridized carbons (Fsp3) is 0.385. The van der Waals surface area contributed by atoms with Gasteiger partial charge in [-0.05, 0) is 12.0 Å². The van der Waals surface area contributed by atoms with Crippen molar-refractivity contribution in [3.05, 3.63) is 35.9 Å². The summed E-state index contributed by atoms with van der Waals surface area (Å²) in [5.74, 6) is -0.189. The van der Waals surface area contributed by atoms with Crippen molar-refractivity contribution in [3.8, 4) is 0 Å². The second-order valence-electron chi connectivity index (χ2n) is 4.18. The van der Waals surface area contributed by atoms with Crippen LogP contribution in [0.4, 0.5) is 0 Å². The molecule has 4 heteroatoms. The molecule has 0 bridgehead atoms. The van der Waals surface area contributed by atoms with Crippen molar-refractivity contribution >= 4 is 11.7 Å². The molecule has 1 N–H and O–H groups in total. The van der Waals surface area contributed by atoms with Gasteiger partial charge in [-0.25, -0.2) is 0 Å². The third-order valence-electron chi connectivity index (χ3n) is 2.98. The number of benzene rings is 1. The van der Waals surface area contributed by atoms with Gasteiger partial charge in [-0.1, -0.05) is 30.3 Å². The number of aliphatic hydroxyl groups is 1. The summed E-state index contributed by atoms with van der Waals surface area (Å²) in [5.41, 5.74) is 0.963. The molecule has 0 aromatic heterocycles. The lowest BCUT2D eigenvalue weighted by Gasteiger charge is -2.27. The zero-order chi connectivity index (χ0) is 12.3. The van der Waals surface area contributed by atoms with Crippen LogP contribution in [-0.4, -0.2) is 34.8 Å². The van der Waals surface area contributed by atoms with Crippen LogP contribution in [0.15, 0.2) is 30.3 Å². The molecule has 1 heterocycles. The predicted octanol–water partition coefficient (Wildman–Crippen LogP) is 0.912. The first kappa shape index (κ1) is 11.8. The van der Waals surface area contributed by atoms with Crippen LogP contribution in [0.3, 0.4) is 0 Å². The predicted molar refractivity (Wildman–Crippen MR) is 62.2 cm³/mol.